The molecule has 28 heavy (non-hydrogen) atoms. The molecule has 0 spiro atoms. The van der Waals surface area contributed by atoms with Crippen LogP contribution in [0.3, 0.4) is 0 Å². The van der Waals surface area contributed by atoms with Gasteiger partial charge in [-0.3, -0.25) is 14.3 Å². The number of hydrogen-bond acceptors (Lipinski definition) is 4. The summed E-state index contributed by atoms with van der Waals surface area (Å²) in [5.74, 6) is -0.422. The fraction of sp³-hybridized carbons (Fsp3) is 0.476. The van der Waals surface area contributed by atoms with Gasteiger partial charge in [-0.1, -0.05) is 29.8 Å². The van der Waals surface area contributed by atoms with Crippen molar-refractivity contribution in [1.82, 2.24) is 14.7 Å². The minimum absolute atomic E-state index is 0.111. The Kier molecular flexibility index (Phi) is 5.56. The lowest BCUT2D eigenvalue weighted by molar-refractivity contribution is -0.160. The van der Waals surface area contributed by atoms with Crippen LogP contribution in [0.4, 0.5) is 5.69 Å². The van der Waals surface area contributed by atoms with E-state index in [1.807, 2.05) is 63.6 Å². The number of nitrogens with zero attached hydrogens (tertiary/aromatic N) is 3. The van der Waals surface area contributed by atoms with Crippen LogP contribution in [-0.2, 0) is 14.3 Å². The Hall–Kier alpha value is -2.67. The molecule has 150 valence electrons. The third-order valence-electron chi connectivity index (χ3n) is 5.22. The van der Waals surface area contributed by atoms with E-state index in [0.29, 0.717) is 5.69 Å². The molecule has 7 nitrogen and oxygen atoms in total. The molecule has 3 rings (SSSR count). The van der Waals surface area contributed by atoms with E-state index in [4.69, 9.17) is 4.74 Å². The molecular weight excluding hydrogens is 356 g/mol. The van der Waals surface area contributed by atoms with E-state index in [-0.39, 0.29) is 24.5 Å². The minimum atomic E-state index is -0.799. The Balaban J connectivity index is 1.91. The second-order valence-electron chi connectivity index (χ2n) is 7.67. The highest BCUT2D eigenvalue weighted by atomic mass is 16.5. The van der Waals surface area contributed by atoms with Crippen molar-refractivity contribution in [2.45, 2.75) is 52.8 Å². The van der Waals surface area contributed by atoms with E-state index in [0.717, 1.165) is 22.5 Å². The minimum Gasteiger partial charge on any atom is -0.356 e. The molecule has 0 radical (unpaired) electrons. The van der Waals surface area contributed by atoms with Gasteiger partial charge in [0.25, 0.3) is 5.91 Å². The van der Waals surface area contributed by atoms with Crippen LogP contribution in [-0.4, -0.2) is 46.3 Å². The van der Waals surface area contributed by atoms with Gasteiger partial charge in [0, 0.05) is 13.1 Å². The van der Waals surface area contributed by atoms with Crippen molar-refractivity contribution in [3.8, 4) is 0 Å². The average Bonchev–Trinajstić information content (AvgIpc) is 2.93. The lowest BCUT2D eigenvalue weighted by Gasteiger charge is -2.38. The molecule has 1 saturated heterocycles. The maximum absolute atomic E-state index is 13.1. The summed E-state index contributed by atoms with van der Waals surface area (Å²) in [6.45, 7) is 9.78. The Morgan fingerprint density at radius 3 is 2.43 bits per heavy atom. The van der Waals surface area contributed by atoms with Crippen molar-refractivity contribution in [3.63, 3.8) is 0 Å². The van der Waals surface area contributed by atoms with E-state index in [1.54, 1.807) is 11.9 Å². The lowest BCUT2D eigenvalue weighted by atomic mass is 9.96. The van der Waals surface area contributed by atoms with Gasteiger partial charge in [-0.05, 0) is 40.2 Å². The largest absolute Gasteiger partial charge is 0.356 e. The summed E-state index contributed by atoms with van der Waals surface area (Å²) in [5.41, 5.74) is 4.33. The monoisotopic (exact) mass is 384 g/mol. The van der Waals surface area contributed by atoms with E-state index >= 15 is 0 Å². The molecule has 2 atom stereocenters. The zero-order chi connectivity index (χ0) is 20.6. The number of carbonyl (C=O) groups is 2. The van der Waals surface area contributed by atoms with Crippen molar-refractivity contribution >= 4 is 17.5 Å². The number of morpholine rings is 1. The van der Waals surface area contributed by atoms with Gasteiger partial charge in [0.15, 0.2) is 6.10 Å². The van der Waals surface area contributed by atoms with Gasteiger partial charge in [-0.25, -0.2) is 0 Å². The fourth-order valence-electron chi connectivity index (χ4n) is 3.63. The predicted octanol–water partition coefficient (Wildman–Crippen LogP) is 2.93. The fourth-order valence-corrected chi connectivity index (χ4v) is 3.63. The van der Waals surface area contributed by atoms with Crippen LogP contribution in [0.15, 0.2) is 24.3 Å². The summed E-state index contributed by atoms with van der Waals surface area (Å²) in [4.78, 5) is 26.9. The number of anilines is 1. The van der Waals surface area contributed by atoms with Gasteiger partial charge in [-0.15, -0.1) is 0 Å². The van der Waals surface area contributed by atoms with Gasteiger partial charge in [-0.2, -0.15) is 5.10 Å². The van der Waals surface area contributed by atoms with Crippen molar-refractivity contribution in [2.24, 2.45) is 0 Å². The summed E-state index contributed by atoms with van der Waals surface area (Å²) in [6, 6.07) is 7.52. The summed E-state index contributed by atoms with van der Waals surface area (Å²) < 4.78 is 7.58. The number of rotatable bonds is 4. The molecule has 0 bridgehead atoms. The van der Waals surface area contributed by atoms with E-state index in [1.165, 1.54) is 0 Å². The number of carbonyl (C=O) groups excluding carboxylic acids is 2. The van der Waals surface area contributed by atoms with Crippen molar-refractivity contribution in [3.05, 3.63) is 46.8 Å². The van der Waals surface area contributed by atoms with Crippen LogP contribution in [0.1, 0.15) is 48.4 Å². The summed E-state index contributed by atoms with van der Waals surface area (Å²) >= 11 is 0. The molecule has 1 aliphatic heterocycles. The summed E-state index contributed by atoms with van der Waals surface area (Å²) in [6.07, 6.45) is -0.799. The van der Waals surface area contributed by atoms with Gasteiger partial charge in [0.05, 0.1) is 23.1 Å². The van der Waals surface area contributed by atoms with Crippen LogP contribution in [0, 0.1) is 20.8 Å². The number of likely N-dealkylation sites (N-methyl/N-ethyl adjacent to an activating group) is 1. The molecule has 2 heterocycles. The van der Waals surface area contributed by atoms with Gasteiger partial charge >= 0.3 is 0 Å². The van der Waals surface area contributed by atoms with E-state index in [9.17, 15) is 9.59 Å². The first-order chi connectivity index (χ1) is 13.2. The highest BCUT2D eigenvalue weighted by molar-refractivity contribution is 5.97. The van der Waals surface area contributed by atoms with Crippen molar-refractivity contribution < 1.29 is 14.3 Å². The number of hydrogen-bond donors (Lipinski definition) is 1. The normalized spacial score (nSPS) is 20.0. The molecule has 1 fully saturated rings. The SMILES string of the molecule is Cc1ccc([C@H]2[C@H](C(=O)Nc3c(C)nn(C(C)C)c3C)OCC(=O)N2C)cc1. The Labute approximate surface area is 165 Å². The second-order valence-corrected chi connectivity index (χ2v) is 7.67. The summed E-state index contributed by atoms with van der Waals surface area (Å²) in [7, 11) is 1.71. The molecule has 1 N–H and O–H groups in total. The number of aryl methyl sites for hydroxylation is 2. The first-order valence-electron chi connectivity index (χ1n) is 9.51. The highest BCUT2D eigenvalue weighted by Gasteiger charge is 2.40. The first kappa shape index (κ1) is 20.1. The topological polar surface area (TPSA) is 76.5 Å². The van der Waals surface area contributed by atoms with Crippen LogP contribution in [0.2, 0.25) is 0 Å². The molecule has 2 aromatic rings. The zero-order valence-electron chi connectivity index (χ0n) is 17.3. The molecule has 0 aliphatic carbocycles. The number of amides is 2. The molecule has 1 aromatic carbocycles. The van der Waals surface area contributed by atoms with Gasteiger partial charge < -0.3 is 15.0 Å². The second kappa shape index (κ2) is 7.75. The van der Waals surface area contributed by atoms with Crippen molar-refractivity contribution in [2.75, 3.05) is 19.0 Å². The predicted molar refractivity (Wildman–Crippen MR) is 107 cm³/mol. The van der Waals surface area contributed by atoms with E-state index < -0.39 is 12.1 Å². The Bertz CT molecular complexity index is 886. The van der Waals surface area contributed by atoms with Gasteiger partial charge in [0.2, 0.25) is 5.91 Å². The lowest BCUT2D eigenvalue weighted by Crippen LogP contribution is -2.51. The number of nitrogens with one attached hydrogen (secondary N) is 1. The standard InChI is InChI=1S/C21H28N4O3/c1-12(2)25-15(5)18(14(4)23-25)22-21(27)20-19(24(6)17(26)11-28-20)16-9-7-13(3)8-10-16/h7-10,12,19-20H,11H2,1-6H3,(H,22,27)/t19-,20+/m0/s1. The summed E-state index contributed by atoms with van der Waals surface area (Å²) in [5, 5.41) is 7.50. The zero-order valence-corrected chi connectivity index (χ0v) is 17.3. The van der Waals surface area contributed by atoms with Crippen LogP contribution >= 0.6 is 0 Å². The highest BCUT2D eigenvalue weighted by Crippen LogP contribution is 2.31. The molecule has 0 saturated carbocycles. The third-order valence-corrected chi connectivity index (χ3v) is 5.22. The maximum Gasteiger partial charge on any atom is 0.256 e. The molecular formula is C21H28N4O3. The Morgan fingerprint density at radius 1 is 1.21 bits per heavy atom. The Morgan fingerprint density at radius 2 is 1.86 bits per heavy atom. The van der Waals surface area contributed by atoms with Crippen molar-refractivity contribution in [1.29, 1.82) is 0 Å². The van der Waals surface area contributed by atoms with Crippen LogP contribution in [0.25, 0.3) is 0 Å². The maximum atomic E-state index is 13.1. The quantitative estimate of drug-likeness (QED) is 0.879. The van der Waals surface area contributed by atoms with Gasteiger partial charge in [0.1, 0.15) is 6.61 Å². The smallest absolute Gasteiger partial charge is 0.256 e. The number of aromatic nitrogens is 2. The third kappa shape index (κ3) is 3.67. The molecule has 1 aliphatic rings. The average molecular weight is 384 g/mol. The van der Waals surface area contributed by atoms with Crippen LogP contribution < -0.4 is 5.32 Å². The number of ether oxygens (including phenoxy) is 1. The molecule has 2 amide bonds. The molecule has 1 aromatic heterocycles. The molecule has 0 unspecified atom stereocenters. The van der Waals surface area contributed by atoms with Crippen LogP contribution in [0.5, 0.6) is 0 Å². The first-order valence-corrected chi connectivity index (χ1v) is 9.51. The molecule has 7 heteroatoms. The number of benzene rings is 1. The van der Waals surface area contributed by atoms with E-state index in [2.05, 4.69) is 10.4 Å².